The maximum absolute atomic E-state index is 12.5. The van der Waals surface area contributed by atoms with Crippen molar-refractivity contribution in [3.05, 3.63) is 12.2 Å². The van der Waals surface area contributed by atoms with Gasteiger partial charge in [0, 0.05) is 11.8 Å². The molecule has 0 bridgehead atoms. The highest BCUT2D eigenvalue weighted by molar-refractivity contribution is 7.80. The van der Waals surface area contributed by atoms with Gasteiger partial charge in [-0.3, -0.25) is 4.55 Å². The fourth-order valence-corrected chi connectivity index (χ4v) is 9.74. The highest BCUT2D eigenvalue weighted by Gasteiger charge is 2.75. The molecule has 0 heterocycles. The summed E-state index contributed by atoms with van der Waals surface area (Å²) in [7, 11) is -5.10. The molecule has 7 N–H and O–H groups in total. The topological polar surface area (TPSA) is 185 Å². The summed E-state index contributed by atoms with van der Waals surface area (Å²) in [6, 6.07) is 0. The molecular weight excluding hydrogens is 516 g/mol. The van der Waals surface area contributed by atoms with Crippen LogP contribution in [-0.2, 0) is 14.6 Å². The second-order valence-electron chi connectivity index (χ2n) is 13.4. The van der Waals surface area contributed by atoms with E-state index in [9.17, 15) is 43.6 Å². The largest absolute Gasteiger partial charge is 0.397 e. The average Bonchev–Trinajstić information content (AvgIpc) is 3.08. The van der Waals surface area contributed by atoms with E-state index in [4.69, 9.17) is 4.18 Å². The summed E-state index contributed by atoms with van der Waals surface area (Å²) in [6.07, 6.45) is -2.19. The molecule has 0 spiro atoms. The van der Waals surface area contributed by atoms with Crippen molar-refractivity contribution in [1.29, 1.82) is 0 Å². The van der Waals surface area contributed by atoms with E-state index >= 15 is 0 Å². The number of hydrogen-bond donors (Lipinski definition) is 7. The van der Waals surface area contributed by atoms with Crippen molar-refractivity contribution in [3.63, 3.8) is 0 Å². The zero-order valence-corrected chi connectivity index (χ0v) is 23.7. The fraction of sp³-hybridized carbons (Fsp3) is 0.926. The van der Waals surface area contributed by atoms with Gasteiger partial charge in [-0.1, -0.05) is 46.8 Å². The molecule has 0 aromatic heterocycles. The molecule has 11 heteroatoms. The number of aliphatic hydroxyl groups excluding tert-OH is 5. The summed E-state index contributed by atoms with van der Waals surface area (Å²) in [4.78, 5) is 0. The van der Waals surface area contributed by atoms with Crippen molar-refractivity contribution in [2.24, 2.45) is 46.3 Å². The van der Waals surface area contributed by atoms with Gasteiger partial charge in [0.15, 0.2) is 0 Å². The fourth-order valence-electron chi connectivity index (χ4n) is 9.24. The summed E-state index contributed by atoms with van der Waals surface area (Å²) in [5.74, 6) is -2.66. The number of rotatable bonds is 6. The van der Waals surface area contributed by atoms with Gasteiger partial charge in [-0.2, -0.15) is 8.42 Å². The van der Waals surface area contributed by atoms with Gasteiger partial charge in [0.1, 0.15) is 17.8 Å². The van der Waals surface area contributed by atoms with E-state index in [2.05, 4.69) is 0 Å². The average molecular weight is 563 g/mol. The Hall–Kier alpha value is -0.630. The predicted octanol–water partition coefficient (Wildman–Crippen LogP) is 1.04. The Morgan fingerprint density at radius 3 is 2.13 bits per heavy atom. The van der Waals surface area contributed by atoms with E-state index < -0.39 is 81.2 Å². The summed E-state index contributed by atoms with van der Waals surface area (Å²) < 4.78 is 38.3. The lowest BCUT2D eigenvalue weighted by atomic mass is 9.40. The van der Waals surface area contributed by atoms with Gasteiger partial charge in [0.05, 0.1) is 24.4 Å². The third-order valence-electron chi connectivity index (χ3n) is 11.1. The van der Waals surface area contributed by atoms with E-state index in [1.54, 1.807) is 13.0 Å². The lowest BCUT2D eigenvalue weighted by Crippen LogP contribution is -2.77. The third-order valence-corrected chi connectivity index (χ3v) is 11.5. The van der Waals surface area contributed by atoms with Crippen LogP contribution in [0, 0.1) is 46.3 Å². The first-order valence-corrected chi connectivity index (χ1v) is 15.2. The number of allylic oxidation sites excluding steroid dienone is 1. The molecule has 0 amide bonds. The van der Waals surface area contributed by atoms with Gasteiger partial charge in [0.2, 0.25) is 0 Å². The quantitative estimate of drug-likeness (QED) is 0.182. The second-order valence-corrected chi connectivity index (χ2v) is 14.5. The highest BCUT2D eigenvalue weighted by atomic mass is 32.3. The number of aliphatic hydroxyl groups is 6. The summed E-state index contributed by atoms with van der Waals surface area (Å²) in [6.45, 7) is 9.61. The van der Waals surface area contributed by atoms with Gasteiger partial charge in [0.25, 0.3) is 0 Å². The molecule has 4 rings (SSSR count). The first-order valence-electron chi connectivity index (χ1n) is 13.9. The maximum atomic E-state index is 12.5. The first kappa shape index (κ1) is 30.3. The van der Waals surface area contributed by atoms with Crippen molar-refractivity contribution in [3.8, 4) is 0 Å². The maximum Gasteiger partial charge on any atom is 0.397 e. The minimum atomic E-state index is -5.10. The van der Waals surface area contributed by atoms with Crippen LogP contribution in [0.5, 0.6) is 0 Å². The Kier molecular flexibility index (Phi) is 8.00. The molecule has 4 aliphatic rings. The van der Waals surface area contributed by atoms with Gasteiger partial charge in [-0.05, 0) is 66.6 Å². The minimum Gasteiger partial charge on any atom is -0.393 e. The molecule has 0 aromatic rings. The Morgan fingerprint density at radius 1 is 0.947 bits per heavy atom. The Bertz CT molecular complexity index is 1020. The van der Waals surface area contributed by atoms with E-state index in [1.807, 2.05) is 33.8 Å². The molecule has 0 saturated heterocycles. The van der Waals surface area contributed by atoms with Crippen molar-refractivity contribution in [2.75, 3.05) is 0 Å². The summed E-state index contributed by atoms with van der Waals surface area (Å²) in [5, 5.41) is 67.3. The van der Waals surface area contributed by atoms with E-state index in [0.717, 1.165) is 0 Å². The van der Waals surface area contributed by atoms with Crippen LogP contribution in [-0.4, -0.2) is 85.8 Å². The van der Waals surface area contributed by atoms with Crippen LogP contribution in [0.1, 0.15) is 66.7 Å². The summed E-state index contributed by atoms with van der Waals surface area (Å²) in [5.41, 5.74) is -3.57. The van der Waals surface area contributed by atoms with Crippen LogP contribution in [0.3, 0.4) is 0 Å². The molecule has 10 nitrogen and oxygen atoms in total. The van der Waals surface area contributed by atoms with E-state index in [0.29, 0.717) is 25.7 Å². The predicted molar refractivity (Wildman–Crippen MR) is 138 cm³/mol. The van der Waals surface area contributed by atoms with Crippen LogP contribution in [0.4, 0.5) is 0 Å². The molecule has 220 valence electrons. The molecule has 4 saturated carbocycles. The molecule has 4 aliphatic carbocycles. The lowest BCUT2D eigenvalue weighted by molar-refractivity contribution is -0.317. The summed E-state index contributed by atoms with van der Waals surface area (Å²) >= 11 is 0. The van der Waals surface area contributed by atoms with E-state index in [-0.39, 0.29) is 24.2 Å². The molecule has 0 aliphatic heterocycles. The van der Waals surface area contributed by atoms with Crippen LogP contribution in [0.15, 0.2) is 12.2 Å². The molecule has 5 unspecified atom stereocenters. The van der Waals surface area contributed by atoms with Crippen molar-refractivity contribution in [1.82, 2.24) is 0 Å². The third kappa shape index (κ3) is 4.59. The SMILES string of the molecule is CC(C)[C@@H](O)/C=C/[C@@H](C)[C@H]1CC(O)C2[C@@]3(O)C(CC[C@@]21C)[C@@]1(C)CC[C@H](O)C(O)C1[C@@H](OS(=O)(=O)O)[C@H]3O. The second kappa shape index (κ2) is 10.0. The minimum absolute atomic E-state index is 0.0438. The molecule has 14 atom stereocenters. The van der Waals surface area contributed by atoms with Gasteiger partial charge < -0.3 is 30.6 Å². The van der Waals surface area contributed by atoms with Crippen LogP contribution in [0.2, 0.25) is 0 Å². The first-order chi connectivity index (χ1) is 17.4. The van der Waals surface area contributed by atoms with Gasteiger partial charge >= 0.3 is 10.4 Å². The van der Waals surface area contributed by atoms with Crippen LogP contribution in [0.25, 0.3) is 0 Å². The molecular formula is C27H46O10S. The Balaban J connectivity index is 1.77. The Morgan fingerprint density at radius 2 is 1.55 bits per heavy atom. The Labute approximate surface area is 225 Å². The van der Waals surface area contributed by atoms with Gasteiger partial charge in [-0.15, -0.1) is 0 Å². The molecule has 4 fully saturated rings. The zero-order chi connectivity index (χ0) is 28.6. The molecule has 38 heavy (non-hydrogen) atoms. The lowest BCUT2D eigenvalue weighted by Gasteiger charge is -2.68. The smallest absolute Gasteiger partial charge is 0.393 e. The van der Waals surface area contributed by atoms with Crippen LogP contribution >= 0.6 is 0 Å². The highest BCUT2D eigenvalue weighted by Crippen LogP contribution is 2.70. The van der Waals surface area contributed by atoms with E-state index in [1.165, 1.54) is 0 Å². The molecule has 0 radical (unpaired) electrons. The van der Waals surface area contributed by atoms with Crippen molar-refractivity contribution < 1.29 is 47.8 Å². The molecule has 0 aromatic carbocycles. The van der Waals surface area contributed by atoms with Crippen molar-refractivity contribution >= 4 is 10.4 Å². The standard InChI is InChI=1S/C27H46O10S/c1-13(2)16(28)7-6-14(3)15-12-18(30)23-25(15,4)11-9-19-26(5)10-8-17(29)21(31)20(26)22(37-38(34,35)36)24(32)27(19,23)33/h6-7,13-24,28-33H,8-12H2,1-5H3,(H,34,35,36)/b7-6+/t14-,15-,16+,17+,18?,19?,20?,21?,22-,23?,24-,25-,26-,27+/m1/s1. The van der Waals surface area contributed by atoms with Gasteiger partial charge in [-0.25, -0.2) is 4.18 Å². The zero-order valence-electron chi connectivity index (χ0n) is 22.9. The monoisotopic (exact) mass is 562 g/mol. The number of hydrogen-bond acceptors (Lipinski definition) is 9. The normalized spacial score (nSPS) is 50.9. The van der Waals surface area contributed by atoms with Crippen molar-refractivity contribution in [2.45, 2.75) is 109 Å². The van der Waals surface area contributed by atoms with Crippen LogP contribution < -0.4 is 0 Å². The number of fused-ring (bicyclic) bond motifs is 5.